The summed E-state index contributed by atoms with van der Waals surface area (Å²) in [7, 11) is 5.45. The molecule has 0 radical (unpaired) electrons. The number of alkyl carbamates (subject to hydrolysis) is 1. The number of amides is 1. The highest BCUT2D eigenvalue weighted by molar-refractivity contribution is 5.70. The van der Waals surface area contributed by atoms with E-state index in [2.05, 4.69) is 24.1 Å². The lowest BCUT2D eigenvalue weighted by Crippen LogP contribution is -2.47. The summed E-state index contributed by atoms with van der Waals surface area (Å²) in [4.78, 5) is 22.4. The molecule has 0 fully saturated rings. The number of hydrogen-bond acceptors (Lipinski definition) is 6. The van der Waals surface area contributed by atoms with Crippen LogP contribution in [0, 0.1) is 0 Å². The number of esters is 1. The first-order valence-corrected chi connectivity index (χ1v) is 8.07. The molecule has 8 nitrogen and oxygen atoms in total. The predicted octanol–water partition coefficient (Wildman–Crippen LogP) is 0.794. The molecule has 0 aromatic rings. The van der Waals surface area contributed by atoms with Crippen molar-refractivity contribution >= 4 is 12.1 Å². The molecule has 0 aromatic carbocycles. The Morgan fingerprint density at radius 2 is 1.62 bits per heavy atom. The van der Waals surface area contributed by atoms with Crippen LogP contribution < -0.4 is 5.32 Å². The number of rotatable bonds is 11. The molecule has 0 aliphatic carbocycles. The third-order valence-electron chi connectivity index (χ3n) is 3.05. The quantitative estimate of drug-likeness (QED) is 0.337. The third-order valence-corrected chi connectivity index (χ3v) is 3.05. The third kappa shape index (κ3) is 14.2. The number of ether oxygens (including phenoxy) is 4. The molecule has 0 aliphatic rings. The van der Waals surface area contributed by atoms with E-state index in [0.717, 1.165) is 13.1 Å². The number of nitrogens with one attached hydrogen (secondary N) is 1. The molecule has 0 spiro atoms. The summed E-state index contributed by atoms with van der Waals surface area (Å²) in [6.07, 6.45) is -0.401. The number of likely N-dealkylation sites (N-methyl/N-ethyl adjacent to an activating group) is 1. The zero-order valence-corrected chi connectivity index (χ0v) is 15.8. The molecule has 1 N–H and O–H groups in total. The fourth-order valence-electron chi connectivity index (χ4n) is 1.63. The van der Waals surface area contributed by atoms with E-state index < -0.39 is 17.7 Å². The van der Waals surface area contributed by atoms with Crippen molar-refractivity contribution in [2.24, 2.45) is 0 Å². The Balaban J connectivity index is 3.68. The van der Waals surface area contributed by atoms with E-state index in [1.54, 1.807) is 0 Å². The first kappa shape index (κ1) is 22.6. The molecule has 0 unspecified atom stereocenters. The fourth-order valence-corrected chi connectivity index (χ4v) is 1.63. The molecule has 8 heteroatoms. The van der Waals surface area contributed by atoms with Gasteiger partial charge in [0, 0.05) is 0 Å². The first-order chi connectivity index (χ1) is 11.1. The van der Waals surface area contributed by atoms with Crippen LogP contribution in [0.25, 0.3) is 0 Å². The van der Waals surface area contributed by atoms with Gasteiger partial charge in [-0.15, -0.1) is 0 Å². The van der Waals surface area contributed by atoms with Crippen molar-refractivity contribution in [3.63, 3.8) is 0 Å². The highest BCUT2D eigenvalue weighted by Crippen LogP contribution is 2.06. The fraction of sp³-hybridized carbons (Fsp3) is 0.875. The lowest BCUT2D eigenvalue weighted by Gasteiger charge is -2.30. The van der Waals surface area contributed by atoms with Gasteiger partial charge in [-0.2, -0.15) is 0 Å². The second-order valence-electron chi connectivity index (χ2n) is 7.05. The van der Waals surface area contributed by atoms with Gasteiger partial charge < -0.3 is 28.7 Å². The molecule has 0 heterocycles. The van der Waals surface area contributed by atoms with Gasteiger partial charge in [0.15, 0.2) is 0 Å². The van der Waals surface area contributed by atoms with Crippen LogP contribution in [0.1, 0.15) is 20.8 Å². The van der Waals surface area contributed by atoms with Crippen molar-refractivity contribution in [1.82, 2.24) is 5.32 Å². The van der Waals surface area contributed by atoms with Gasteiger partial charge >= 0.3 is 12.1 Å². The number of carbonyl (C=O) groups excluding carboxylic acids is 2. The molecule has 0 atom stereocenters. The van der Waals surface area contributed by atoms with Crippen LogP contribution in [0.5, 0.6) is 0 Å². The Kier molecular flexibility index (Phi) is 10.6. The van der Waals surface area contributed by atoms with Crippen molar-refractivity contribution in [2.45, 2.75) is 26.4 Å². The van der Waals surface area contributed by atoms with Crippen molar-refractivity contribution in [1.29, 1.82) is 0 Å². The van der Waals surface area contributed by atoms with Crippen molar-refractivity contribution < 1.29 is 33.0 Å². The van der Waals surface area contributed by atoms with E-state index in [9.17, 15) is 9.59 Å². The minimum absolute atomic E-state index is 0.0578. The van der Waals surface area contributed by atoms with Crippen LogP contribution >= 0.6 is 0 Å². The summed E-state index contributed by atoms with van der Waals surface area (Å²) >= 11 is 0. The summed E-state index contributed by atoms with van der Waals surface area (Å²) in [5.74, 6) is -0.398. The predicted molar refractivity (Wildman–Crippen MR) is 89.7 cm³/mol. The van der Waals surface area contributed by atoms with Crippen molar-refractivity contribution in [2.75, 3.05) is 67.3 Å². The van der Waals surface area contributed by atoms with Gasteiger partial charge in [-0.1, -0.05) is 0 Å². The summed E-state index contributed by atoms with van der Waals surface area (Å²) in [6.45, 7) is 8.88. The topological polar surface area (TPSA) is 83.1 Å². The normalized spacial score (nSPS) is 11.9. The van der Waals surface area contributed by atoms with Crippen LogP contribution in [-0.4, -0.2) is 89.4 Å². The summed E-state index contributed by atoms with van der Waals surface area (Å²) in [5.41, 5.74) is -0.488. The highest BCUT2D eigenvalue weighted by Gasteiger charge is 2.18. The maximum atomic E-state index is 11.6. The van der Waals surface area contributed by atoms with Crippen LogP contribution in [0.4, 0.5) is 4.79 Å². The van der Waals surface area contributed by atoms with E-state index in [1.807, 2.05) is 20.8 Å². The van der Waals surface area contributed by atoms with E-state index >= 15 is 0 Å². The second-order valence-corrected chi connectivity index (χ2v) is 7.05. The number of hydrogen-bond donors (Lipinski definition) is 1. The minimum Gasteiger partial charge on any atom is -0.467 e. The van der Waals surface area contributed by atoms with E-state index in [0.29, 0.717) is 30.8 Å². The van der Waals surface area contributed by atoms with Crippen LogP contribution in [0.2, 0.25) is 0 Å². The average Bonchev–Trinajstić information content (AvgIpc) is 2.43. The summed E-state index contributed by atoms with van der Waals surface area (Å²) in [6, 6.07) is 0. The monoisotopic (exact) mass is 349 g/mol. The molecule has 0 saturated heterocycles. The molecule has 0 saturated carbocycles. The van der Waals surface area contributed by atoms with Crippen LogP contribution in [-0.2, 0) is 23.7 Å². The Bertz CT molecular complexity index is 379. The Morgan fingerprint density at radius 1 is 1.00 bits per heavy atom. The average molecular weight is 349 g/mol. The molecule has 1 amide bonds. The second kappa shape index (κ2) is 11.2. The first-order valence-electron chi connectivity index (χ1n) is 8.07. The zero-order chi connectivity index (χ0) is 18.6. The van der Waals surface area contributed by atoms with Gasteiger partial charge in [0.2, 0.25) is 0 Å². The standard InChI is InChI=1S/C16H32N2O6/c1-16(2,3)24-15(20)17-7-8-18(4,5)9-10-22-11-12-23-13-14(19)21-6/h7-13H2,1-6H3/p+1. The summed E-state index contributed by atoms with van der Waals surface area (Å²) in [5, 5.41) is 2.75. The van der Waals surface area contributed by atoms with Crippen molar-refractivity contribution in [3.05, 3.63) is 0 Å². The molecule has 0 rings (SSSR count). The number of nitrogens with zero attached hydrogens (tertiary/aromatic N) is 1. The summed E-state index contributed by atoms with van der Waals surface area (Å²) < 4.78 is 20.9. The molecule has 0 aromatic heterocycles. The molecular weight excluding hydrogens is 316 g/mol. The van der Waals surface area contributed by atoms with Gasteiger partial charge in [-0.3, -0.25) is 0 Å². The Hall–Kier alpha value is -1.38. The largest absolute Gasteiger partial charge is 0.467 e. The maximum absolute atomic E-state index is 11.6. The molecule has 142 valence electrons. The molecule has 0 aliphatic heterocycles. The number of methoxy groups -OCH3 is 1. The van der Waals surface area contributed by atoms with Gasteiger partial charge in [0.05, 0.1) is 54.1 Å². The van der Waals surface area contributed by atoms with E-state index in [-0.39, 0.29) is 6.61 Å². The Labute approximate surface area is 145 Å². The van der Waals surface area contributed by atoms with Gasteiger partial charge in [-0.05, 0) is 20.8 Å². The van der Waals surface area contributed by atoms with E-state index in [4.69, 9.17) is 14.2 Å². The van der Waals surface area contributed by atoms with Gasteiger partial charge in [0.25, 0.3) is 0 Å². The van der Waals surface area contributed by atoms with Crippen LogP contribution in [0.15, 0.2) is 0 Å². The van der Waals surface area contributed by atoms with Crippen LogP contribution in [0.3, 0.4) is 0 Å². The SMILES string of the molecule is COC(=O)COCCOCC[N+](C)(C)CCNC(=O)OC(C)(C)C. The highest BCUT2D eigenvalue weighted by atomic mass is 16.6. The molecule has 24 heavy (non-hydrogen) atoms. The number of carbonyl (C=O) groups is 2. The smallest absolute Gasteiger partial charge is 0.407 e. The molecule has 0 bridgehead atoms. The number of quaternary nitrogens is 1. The van der Waals surface area contributed by atoms with E-state index in [1.165, 1.54) is 7.11 Å². The lowest BCUT2D eigenvalue weighted by atomic mass is 10.2. The zero-order valence-electron chi connectivity index (χ0n) is 15.8. The van der Waals surface area contributed by atoms with Crippen molar-refractivity contribution in [3.8, 4) is 0 Å². The Morgan fingerprint density at radius 3 is 2.21 bits per heavy atom. The van der Waals surface area contributed by atoms with Gasteiger partial charge in [-0.25, -0.2) is 9.59 Å². The lowest BCUT2D eigenvalue weighted by molar-refractivity contribution is -0.889. The maximum Gasteiger partial charge on any atom is 0.407 e. The van der Waals surface area contributed by atoms with Gasteiger partial charge in [0.1, 0.15) is 18.8 Å². The minimum atomic E-state index is -0.488. The molecular formula is C16H33N2O6+.